The van der Waals surface area contributed by atoms with Crippen molar-refractivity contribution in [2.45, 2.75) is 12.8 Å². The SMILES string of the molecule is COc1ccc(-c2nscc2C2=COC=C(C3=CC=CCC3)O2)cc1OC. The van der Waals surface area contributed by atoms with Gasteiger partial charge in [0.2, 0.25) is 0 Å². The largest absolute Gasteiger partial charge is 0.493 e. The van der Waals surface area contributed by atoms with Gasteiger partial charge in [0, 0.05) is 10.9 Å². The molecule has 0 saturated carbocycles. The summed E-state index contributed by atoms with van der Waals surface area (Å²) in [4.78, 5) is 0. The van der Waals surface area contributed by atoms with Crippen molar-refractivity contribution >= 4 is 17.3 Å². The second-order valence-corrected chi connectivity index (χ2v) is 6.64. The zero-order valence-electron chi connectivity index (χ0n) is 15.1. The minimum Gasteiger partial charge on any atom is -0.493 e. The van der Waals surface area contributed by atoms with E-state index in [1.807, 2.05) is 29.7 Å². The number of allylic oxidation sites excluding steroid dienone is 4. The molecule has 2 aromatic rings. The number of nitrogens with zero attached hydrogens (tertiary/aromatic N) is 1. The second-order valence-electron chi connectivity index (χ2n) is 6.01. The van der Waals surface area contributed by atoms with Gasteiger partial charge in [-0.1, -0.05) is 18.2 Å². The summed E-state index contributed by atoms with van der Waals surface area (Å²) in [6.45, 7) is 0. The number of benzene rings is 1. The van der Waals surface area contributed by atoms with Crippen molar-refractivity contribution in [2.75, 3.05) is 14.2 Å². The third-order valence-corrected chi connectivity index (χ3v) is 5.02. The third kappa shape index (κ3) is 3.48. The number of aromatic nitrogens is 1. The zero-order chi connectivity index (χ0) is 18.6. The summed E-state index contributed by atoms with van der Waals surface area (Å²) >= 11 is 1.37. The fourth-order valence-electron chi connectivity index (χ4n) is 3.00. The molecule has 0 amide bonds. The normalized spacial score (nSPS) is 15.9. The van der Waals surface area contributed by atoms with Crippen molar-refractivity contribution in [3.05, 3.63) is 71.2 Å². The zero-order valence-corrected chi connectivity index (χ0v) is 15.9. The minimum atomic E-state index is 0.640. The highest BCUT2D eigenvalue weighted by Crippen LogP contribution is 2.38. The quantitative estimate of drug-likeness (QED) is 0.704. The topological polar surface area (TPSA) is 49.8 Å². The average Bonchev–Trinajstić information content (AvgIpc) is 3.24. The van der Waals surface area contributed by atoms with Crippen LogP contribution in [0.25, 0.3) is 17.0 Å². The molecule has 0 radical (unpaired) electrons. The number of ether oxygens (including phenoxy) is 4. The molecule has 0 unspecified atom stereocenters. The van der Waals surface area contributed by atoms with Crippen molar-refractivity contribution < 1.29 is 18.9 Å². The molecule has 6 heteroatoms. The van der Waals surface area contributed by atoms with Gasteiger partial charge in [0.1, 0.15) is 12.5 Å². The molecule has 2 aliphatic rings. The van der Waals surface area contributed by atoms with Crippen molar-refractivity contribution in [3.8, 4) is 22.8 Å². The molecule has 27 heavy (non-hydrogen) atoms. The van der Waals surface area contributed by atoms with Gasteiger partial charge < -0.3 is 18.9 Å². The van der Waals surface area contributed by atoms with Crippen molar-refractivity contribution in [3.63, 3.8) is 0 Å². The van der Waals surface area contributed by atoms with Gasteiger partial charge in [0.05, 0.1) is 25.5 Å². The number of rotatable bonds is 5. The van der Waals surface area contributed by atoms with Gasteiger partial charge in [-0.25, -0.2) is 0 Å². The molecule has 5 nitrogen and oxygen atoms in total. The summed E-state index contributed by atoms with van der Waals surface area (Å²) in [5.41, 5.74) is 3.74. The van der Waals surface area contributed by atoms with Crippen molar-refractivity contribution in [1.29, 1.82) is 0 Å². The van der Waals surface area contributed by atoms with E-state index in [1.165, 1.54) is 11.5 Å². The monoisotopic (exact) mass is 381 g/mol. The van der Waals surface area contributed by atoms with E-state index in [9.17, 15) is 0 Å². The van der Waals surface area contributed by atoms with E-state index in [4.69, 9.17) is 18.9 Å². The molecule has 1 aromatic heterocycles. The molecule has 1 aromatic carbocycles. The lowest BCUT2D eigenvalue weighted by Gasteiger charge is -2.19. The molecule has 1 aliphatic heterocycles. The fourth-order valence-corrected chi connectivity index (χ4v) is 3.69. The Morgan fingerprint density at radius 2 is 1.93 bits per heavy atom. The average molecular weight is 381 g/mol. The van der Waals surface area contributed by atoms with E-state index in [2.05, 4.69) is 16.5 Å². The summed E-state index contributed by atoms with van der Waals surface area (Å²) in [5, 5.41) is 1.96. The van der Waals surface area contributed by atoms with Crippen LogP contribution in [0.15, 0.2) is 65.7 Å². The van der Waals surface area contributed by atoms with Gasteiger partial charge in [0.25, 0.3) is 0 Å². The van der Waals surface area contributed by atoms with E-state index < -0.39 is 0 Å². The second kappa shape index (κ2) is 7.72. The molecular weight excluding hydrogens is 362 g/mol. The van der Waals surface area contributed by atoms with Crippen molar-refractivity contribution in [2.24, 2.45) is 0 Å². The van der Waals surface area contributed by atoms with Crippen LogP contribution in [-0.2, 0) is 9.47 Å². The van der Waals surface area contributed by atoms with E-state index in [1.54, 1.807) is 26.7 Å². The van der Waals surface area contributed by atoms with E-state index in [0.717, 1.165) is 41.0 Å². The fraction of sp³-hybridized carbons (Fsp3) is 0.190. The van der Waals surface area contributed by atoms with Crippen LogP contribution in [0.1, 0.15) is 18.4 Å². The first-order valence-electron chi connectivity index (χ1n) is 8.57. The molecule has 0 atom stereocenters. The lowest BCUT2D eigenvalue weighted by Crippen LogP contribution is -2.03. The van der Waals surface area contributed by atoms with Crippen LogP contribution in [0.3, 0.4) is 0 Å². The number of hydrogen-bond acceptors (Lipinski definition) is 6. The Labute approximate surface area is 162 Å². The van der Waals surface area contributed by atoms with Crippen LogP contribution < -0.4 is 9.47 Å². The lowest BCUT2D eigenvalue weighted by molar-refractivity contribution is 0.285. The number of methoxy groups -OCH3 is 2. The molecule has 0 saturated heterocycles. The van der Waals surface area contributed by atoms with Crippen LogP contribution in [0.4, 0.5) is 0 Å². The Morgan fingerprint density at radius 1 is 1.07 bits per heavy atom. The first-order valence-corrected chi connectivity index (χ1v) is 9.40. The Balaban J connectivity index is 1.64. The minimum absolute atomic E-state index is 0.640. The first kappa shape index (κ1) is 17.4. The standard InChI is InChI=1S/C21H19NO4S/c1-23-17-9-8-15(10-18(17)24-2)21-16(13-27-22-21)20-12-25-11-19(26-20)14-6-4-3-5-7-14/h3-4,6,8-13H,5,7H2,1-2H3. The predicted octanol–water partition coefficient (Wildman–Crippen LogP) is 5.29. The summed E-state index contributed by atoms with van der Waals surface area (Å²) < 4.78 is 27.0. The van der Waals surface area contributed by atoms with E-state index in [0.29, 0.717) is 17.3 Å². The molecule has 2 heterocycles. The molecule has 1 aliphatic carbocycles. The van der Waals surface area contributed by atoms with Gasteiger partial charge in [-0.2, -0.15) is 4.37 Å². The van der Waals surface area contributed by atoms with Crippen LogP contribution in [0.5, 0.6) is 11.5 Å². The van der Waals surface area contributed by atoms with Crippen LogP contribution in [-0.4, -0.2) is 18.6 Å². The predicted molar refractivity (Wildman–Crippen MR) is 105 cm³/mol. The Morgan fingerprint density at radius 3 is 2.70 bits per heavy atom. The molecule has 0 bridgehead atoms. The maximum atomic E-state index is 6.14. The van der Waals surface area contributed by atoms with Crippen LogP contribution in [0.2, 0.25) is 0 Å². The highest BCUT2D eigenvalue weighted by molar-refractivity contribution is 7.04. The lowest BCUT2D eigenvalue weighted by atomic mass is 10.0. The molecule has 0 N–H and O–H groups in total. The smallest absolute Gasteiger partial charge is 0.172 e. The highest BCUT2D eigenvalue weighted by Gasteiger charge is 2.21. The van der Waals surface area contributed by atoms with Gasteiger partial charge >= 0.3 is 0 Å². The third-order valence-electron chi connectivity index (χ3n) is 4.39. The van der Waals surface area contributed by atoms with Gasteiger partial charge in [0.15, 0.2) is 23.0 Å². The Kier molecular flexibility index (Phi) is 4.98. The first-order chi connectivity index (χ1) is 13.3. The maximum absolute atomic E-state index is 6.14. The summed E-state index contributed by atoms with van der Waals surface area (Å²) in [6, 6.07) is 5.73. The van der Waals surface area contributed by atoms with E-state index >= 15 is 0 Å². The van der Waals surface area contributed by atoms with Gasteiger partial charge in [-0.15, -0.1) is 0 Å². The molecule has 4 rings (SSSR count). The van der Waals surface area contributed by atoms with Gasteiger partial charge in [-0.3, -0.25) is 0 Å². The molecule has 0 fully saturated rings. The molecule has 138 valence electrons. The maximum Gasteiger partial charge on any atom is 0.172 e. The van der Waals surface area contributed by atoms with Crippen LogP contribution >= 0.6 is 11.5 Å². The highest BCUT2D eigenvalue weighted by atomic mass is 32.1. The van der Waals surface area contributed by atoms with Crippen LogP contribution in [0, 0.1) is 0 Å². The van der Waals surface area contributed by atoms with E-state index in [-0.39, 0.29) is 0 Å². The van der Waals surface area contributed by atoms with Gasteiger partial charge in [-0.05, 0) is 48.1 Å². The molecular formula is C21H19NO4S. The summed E-state index contributed by atoms with van der Waals surface area (Å²) in [5.74, 6) is 2.71. The Hall–Kier alpha value is -2.99. The van der Waals surface area contributed by atoms with Crippen molar-refractivity contribution in [1.82, 2.24) is 4.37 Å². The Bertz CT molecular complexity index is 968. The summed E-state index contributed by atoms with van der Waals surface area (Å²) in [6.07, 6.45) is 11.4. The molecule has 0 spiro atoms. The number of hydrogen-bond donors (Lipinski definition) is 0. The summed E-state index contributed by atoms with van der Waals surface area (Å²) in [7, 11) is 3.24.